The van der Waals surface area contributed by atoms with Crippen LogP contribution >= 0.6 is 0 Å². The fourth-order valence-corrected chi connectivity index (χ4v) is 3.58. The Labute approximate surface area is 125 Å². The highest BCUT2D eigenvalue weighted by Crippen LogP contribution is 2.44. The summed E-state index contributed by atoms with van der Waals surface area (Å²) in [7, 11) is 0. The molecule has 1 aliphatic heterocycles. The SMILES string of the molecule is CC(C)CC1CN(CCOC(C)C)C(C)(C2CC2)CN1. The normalized spacial score (nSPS) is 32.2. The zero-order valence-electron chi connectivity index (χ0n) is 14.1. The van der Waals surface area contributed by atoms with Crippen molar-refractivity contribution in [1.29, 1.82) is 0 Å². The van der Waals surface area contributed by atoms with E-state index in [1.54, 1.807) is 0 Å². The van der Waals surface area contributed by atoms with E-state index in [-0.39, 0.29) is 0 Å². The third-order valence-electron chi connectivity index (χ3n) is 4.94. The molecular formula is C17H34N2O. The van der Waals surface area contributed by atoms with Crippen LogP contribution in [-0.2, 0) is 4.74 Å². The number of hydrogen-bond acceptors (Lipinski definition) is 3. The minimum atomic E-state index is 0.344. The van der Waals surface area contributed by atoms with Crippen molar-refractivity contribution in [2.75, 3.05) is 26.2 Å². The molecule has 1 saturated heterocycles. The van der Waals surface area contributed by atoms with E-state index < -0.39 is 0 Å². The first-order chi connectivity index (χ1) is 9.41. The van der Waals surface area contributed by atoms with Crippen LogP contribution in [0.2, 0.25) is 0 Å². The van der Waals surface area contributed by atoms with Crippen molar-refractivity contribution >= 4 is 0 Å². The summed E-state index contributed by atoms with van der Waals surface area (Å²) in [5.74, 6) is 1.67. The van der Waals surface area contributed by atoms with Gasteiger partial charge in [-0.2, -0.15) is 0 Å². The van der Waals surface area contributed by atoms with Gasteiger partial charge in [0.15, 0.2) is 0 Å². The average Bonchev–Trinajstić information content (AvgIpc) is 3.16. The van der Waals surface area contributed by atoms with E-state index in [1.165, 1.54) is 25.8 Å². The van der Waals surface area contributed by atoms with Crippen molar-refractivity contribution < 1.29 is 4.74 Å². The first-order valence-corrected chi connectivity index (χ1v) is 8.52. The summed E-state index contributed by atoms with van der Waals surface area (Å²) in [6.07, 6.45) is 4.45. The molecule has 0 bridgehead atoms. The van der Waals surface area contributed by atoms with Crippen LogP contribution in [-0.4, -0.2) is 48.8 Å². The van der Waals surface area contributed by atoms with E-state index >= 15 is 0 Å². The summed E-state index contributed by atoms with van der Waals surface area (Å²) in [4.78, 5) is 2.72. The fraction of sp³-hybridized carbons (Fsp3) is 1.00. The zero-order chi connectivity index (χ0) is 14.8. The van der Waals surface area contributed by atoms with Gasteiger partial charge in [0, 0.05) is 31.2 Å². The number of rotatable bonds is 7. The van der Waals surface area contributed by atoms with Crippen LogP contribution in [0.15, 0.2) is 0 Å². The van der Waals surface area contributed by atoms with Gasteiger partial charge in [0.2, 0.25) is 0 Å². The predicted octanol–water partition coefficient (Wildman–Crippen LogP) is 2.90. The van der Waals surface area contributed by atoms with E-state index in [1.807, 2.05) is 0 Å². The molecule has 0 aromatic rings. The number of ether oxygens (including phenoxy) is 1. The number of piperazine rings is 1. The first-order valence-electron chi connectivity index (χ1n) is 8.52. The van der Waals surface area contributed by atoms with Gasteiger partial charge < -0.3 is 10.1 Å². The Hall–Kier alpha value is -0.120. The second kappa shape index (κ2) is 6.76. The summed E-state index contributed by atoms with van der Waals surface area (Å²) in [5.41, 5.74) is 0.355. The molecule has 2 aliphatic rings. The Morgan fingerprint density at radius 3 is 2.50 bits per heavy atom. The largest absolute Gasteiger partial charge is 0.377 e. The summed E-state index contributed by atoms with van der Waals surface area (Å²) < 4.78 is 5.79. The van der Waals surface area contributed by atoms with Crippen molar-refractivity contribution in [1.82, 2.24) is 10.2 Å². The lowest BCUT2D eigenvalue weighted by atomic mass is 9.88. The summed E-state index contributed by atoms with van der Waals surface area (Å²) in [5, 5.41) is 3.81. The molecule has 3 heteroatoms. The fourth-order valence-electron chi connectivity index (χ4n) is 3.58. The van der Waals surface area contributed by atoms with Crippen LogP contribution < -0.4 is 5.32 Å². The topological polar surface area (TPSA) is 24.5 Å². The molecule has 1 aliphatic carbocycles. The average molecular weight is 282 g/mol. The third-order valence-corrected chi connectivity index (χ3v) is 4.94. The van der Waals surface area contributed by atoms with Crippen molar-refractivity contribution in [3.63, 3.8) is 0 Å². The Balaban J connectivity index is 1.92. The maximum absolute atomic E-state index is 5.79. The highest BCUT2D eigenvalue weighted by molar-refractivity contribution is 5.04. The molecule has 1 saturated carbocycles. The molecule has 0 aromatic heterocycles. The molecule has 0 aromatic carbocycles. The third kappa shape index (κ3) is 4.19. The van der Waals surface area contributed by atoms with E-state index in [0.29, 0.717) is 17.7 Å². The van der Waals surface area contributed by atoms with Crippen LogP contribution in [0.3, 0.4) is 0 Å². The van der Waals surface area contributed by atoms with Crippen molar-refractivity contribution in [3.05, 3.63) is 0 Å². The highest BCUT2D eigenvalue weighted by Gasteiger charge is 2.47. The van der Waals surface area contributed by atoms with Gasteiger partial charge in [-0.05, 0) is 51.9 Å². The molecule has 20 heavy (non-hydrogen) atoms. The molecule has 0 radical (unpaired) electrons. The summed E-state index contributed by atoms with van der Waals surface area (Å²) in [6, 6.07) is 0.654. The standard InChI is InChI=1S/C17H34N2O/c1-13(2)10-16-11-19(8-9-20-14(3)4)17(5,12-18-16)15-6-7-15/h13-16,18H,6-12H2,1-5H3. The molecule has 2 rings (SSSR count). The molecule has 2 unspecified atom stereocenters. The van der Waals surface area contributed by atoms with Gasteiger partial charge in [0.1, 0.15) is 0 Å². The number of nitrogens with one attached hydrogen (secondary N) is 1. The molecule has 1 heterocycles. The smallest absolute Gasteiger partial charge is 0.0597 e. The van der Waals surface area contributed by atoms with Crippen molar-refractivity contribution in [2.24, 2.45) is 11.8 Å². The molecule has 0 amide bonds. The van der Waals surface area contributed by atoms with Crippen molar-refractivity contribution in [2.45, 2.75) is 71.6 Å². The predicted molar refractivity (Wildman–Crippen MR) is 85.0 cm³/mol. The van der Waals surface area contributed by atoms with Crippen LogP contribution in [0.4, 0.5) is 0 Å². The lowest BCUT2D eigenvalue weighted by Crippen LogP contribution is -2.65. The van der Waals surface area contributed by atoms with E-state index in [4.69, 9.17) is 4.74 Å². The second-order valence-corrected chi connectivity index (χ2v) is 7.70. The molecule has 118 valence electrons. The van der Waals surface area contributed by atoms with Gasteiger partial charge in [-0.3, -0.25) is 4.90 Å². The van der Waals surface area contributed by atoms with Gasteiger partial charge in [-0.25, -0.2) is 0 Å². The maximum Gasteiger partial charge on any atom is 0.0597 e. The molecule has 2 fully saturated rings. The Bertz CT molecular complexity index is 301. The zero-order valence-corrected chi connectivity index (χ0v) is 14.1. The minimum absolute atomic E-state index is 0.344. The maximum atomic E-state index is 5.79. The van der Waals surface area contributed by atoms with Crippen LogP contribution in [0.25, 0.3) is 0 Å². The molecule has 1 N–H and O–H groups in total. The number of hydrogen-bond donors (Lipinski definition) is 1. The van der Waals surface area contributed by atoms with Gasteiger partial charge in [0.25, 0.3) is 0 Å². The van der Waals surface area contributed by atoms with Gasteiger partial charge >= 0.3 is 0 Å². The van der Waals surface area contributed by atoms with Crippen LogP contribution in [0, 0.1) is 11.8 Å². The number of nitrogens with zero attached hydrogens (tertiary/aromatic N) is 1. The summed E-state index contributed by atoms with van der Waals surface area (Å²) in [6.45, 7) is 15.6. The minimum Gasteiger partial charge on any atom is -0.377 e. The lowest BCUT2D eigenvalue weighted by Gasteiger charge is -2.49. The molecule has 2 atom stereocenters. The van der Waals surface area contributed by atoms with E-state index in [2.05, 4.69) is 44.8 Å². The monoisotopic (exact) mass is 282 g/mol. The Morgan fingerprint density at radius 2 is 1.95 bits per heavy atom. The van der Waals surface area contributed by atoms with Crippen molar-refractivity contribution in [3.8, 4) is 0 Å². The second-order valence-electron chi connectivity index (χ2n) is 7.70. The van der Waals surface area contributed by atoms with E-state index in [0.717, 1.165) is 31.5 Å². The quantitative estimate of drug-likeness (QED) is 0.777. The molecular weight excluding hydrogens is 248 g/mol. The van der Waals surface area contributed by atoms with Gasteiger partial charge in [0.05, 0.1) is 12.7 Å². The van der Waals surface area contributed by atoms with Gasteiger partial charge in [-0.15, -0.1) is 0 Å². The Kier molecular flexibility index (Phi) is 5.49. The van der Waals surface area contributed by atoms with Gasteiger partial charge in [-0.1, -0.05) is 13.8 Å². The van der Waals surface area contributed by atoms with E-state index in [9.17, 15) is 0 Å². The molecule has 3 nitrogen and oxygen atoms in total. The lowest BCUT2D eigenvalue weighted by molar-refractivity contribution is -0.00777. The first kappa shape index (κ1) is 16.3. The highest BCUT2D eigenvalue weighted by atomic mass is 16.5. The van der Waals surface area contributed by atoms with Crippen LogP contribution in [0.5, 0.6) is 0 Å². The molecule has 0 spiro atoms. The Morgan fingerprint density at radius 1 is 1.25 bits per heavy atom. The summed E-state index contributed by atoms with van der Waals surface area (Å²) >= 11 is 0. The van der Waals surface area contributed by atoms with Crippen LogP contribution in [0.1, 0.15) is 53.9 Å².